The second kappa shape index (κ2) is 5.86. The van der Waals surface area contributed by atoms with Crippen LogP contribution in [0.5, 0.6) is 0 Å². The third-order valence-electron chi connectivity index (χ3n) is 4.41. The standard InChI is InChI=1S/C13H26N2/c1-14-9-6-10-15(12-11-14)13-7-4-2-3-5-8-13/h13H,2-12H2,1H3/p+2. The Morgan fingerprint density at radius 1 is 0.733 bits per heavy atom. The van der Waals surface area contributed by atoms with Crippen LogP contribution in [-0.4, -0.2) is 39.3 Å². The molecular formula is C13H28N2+2. The van der Waals surface area contributed by atoms with Gasteiger partial charge in [0.05, 0.1) is 26.2 Å². The molecule has 0 aromatic heterocycles. The Balaban J connectivity index is 1.84. The van der Waals surface area contributed by atoms with Crippen molar-refractivity contribution in [3.8, 4) is 0 Å². The van der Waals surface area contributed by atoms with Gasteiger partial charge in [-0.2, -0.15) is 0 Å². The molecule has 1 aliphatic heterocycles. The monoisotopic (exact) mass is 212 g/mol. The van der Waals surface area contributed by atoms with E-state index in [1.165, 1.54) is 71.1 Å². The van der Waals surface area contributed by atoms with Crippen molar-refractivity contribution >= 4 is 0 Å². The van der Waals surface area contributed by atoms with Crippen molar-refractivity contribution in [2.24, 2.45) is 0 Å². The van der Waals surface area contributed by atoms with Gasteiger partial charge in [-0.05, 0) is 25.7 Å². The maximum Gasteiger partial charge on any atom is 0.127 e. The van der Waals surface area contributed by atoms with E-state index in [0.29, 0.717) is 0 Å². The topological polar surface area (TPSA) is 8.88 Å². The molecule has 2 heteroatoms. The van der Waals surface area contributed by atoms with E-state index in [9.17, 15) is 0 Å². The highest BCUT2D eigenvalue weighted by Crippen LogP contribution is 2.15. The lowest BCUT2D eigenvalue weighted by Crippen LogP contribution is -3.19. The first-order chi connectivity index (χ1) is 7.36. The molecule has 2 nitrogen and oxygen atoms in total. The van der Waals surface area contributed by atoms with Crippen molar-refractivity contribution in [1.82, 2.24) is 0 Å². The van der Waals surface area contributed by atoms with E-state index in [0.717, 1.165) is 6.04 Å². The second-order valence-electron chi connectivity index (χ2n) is 5.66. The van der Waals surface area contributed by atoms with Gasteiger partial charge in [0.15, 0.2) is 0 Å². The molecule has 0 amide bonds. The molecule has 2 rings (SSSR count). The molecule has 15 heavy (non-hydrogen) atoms. The molecule has 2 unspecified atom stereocenters. The van der Waals surface area contributed by atoms with E-state index >= 15 is 0 Å². The summed E-state index contributed by atoms with van der Waals surface area (Å²) in [5.41, 5.74) is 0. The third-order valence-corrected chi connectivity index (χ3v) is 4.41. The van der Waals surface area contributed by atoms with Crippen LogP contribution in [0, 0.1) is 0 Å². The quantitative estimate of drug-likeness (QED) is 0.543. The van der Waals surface area contributed by atoms with E-state index < -0.39 is 0 Å². The fraction of sp³-hybridized carbons (Fsp3) is 1.00. The van der Waals surface area contributed by atoms with E-state index in [2.05, 4.69) is 7.05 Å². The summed E-state index contributed by atoms with van der Waals surface area (Å²) in [5.74, 6) is 0. The number of rotatable bonds is 1. The summed E-state index contributed by atoms with van der Waals surface area (Å²) in [7, 11) is 2.36. The van der Waals surface area contributed by atoms with Gasteiger partial charge in [-0.25, -0.2) is 0 Å². The maximum atomic E-state index is 2.36. The summed E-state index contributed by atoms with van der Waals surface area (Å²) in [5, 5.41) is 0. The Labute approximate surface area is 94.6 Å². The summed E-state index contributed by atoms with van der Waals surface area (Å²) < 4.78 is 0. The number of quaternary nitrogens is 2. The highest BCUT2D eigenvalue weighted by Gasteiger charge is 2.26. The normalized spacial score (nSPS) is 35.8. The van der Waals surface area contributed by atoms with Crippen molar-refractivity contribution in [3.05, 3.63) is 0 Å². The third kappa shape index (κ3) is 3.46. The van der Waals surface area contributed by atoms with Crippen LogP contribution >= 0.6 is 0 Å². The summed E-state index contributed by atoms with van der Waals surface area (Å²) in [4.78, 5) is 3.69. The average molecular weight is 212 g/mol. The van der Waals surface area contributed by atoms with Gasteiger partial charge in [-0.3, -0.25) is 0 Å². The van der Waals surface area contributed by atoms with E-state index in [1.54, 1.807) is 4.90 Å². The summed E-state index contributed by atoms with van der Waals surface area (Å²) in [6.45, 7) is 5.67. The largest absolute Gasteiger partial charge is 0.333 e. The van der Waals surface area contributed by atoms with Crippen molar-refractivity contribution in [2.45, 2.75) is 51.0 Å². The minimum Gasteiger partial charge on any atom is -0.333 e. The zero-order chi connectivity index (χ0) is 10.5. The van der Waals surface area contributed by atoms with Gasteiger partial charge < -0.3 is 9.80 Å². The molecule has 0 bridgehead atoms. The van der Waals surface area contributed by atoms with Crippen LogP contribution in [0.1, 0.15) is 44.9 Å². The van der Waals surface area contributed by atoms with Crippen molar-refractivity contribution < 1.29 is 9.80 Å². The number of likely N-dealkylation sites (N-methyl/N-ethyl adjacent to an activating group) is 1. The van der Waals surface area contributed by atoms with Crippen molar-refractivity contribution in [2.75, 3.05) is 33.2 Å². The smallest absolute Gasteiger partial charge is 0.127 e. The van der Waals surface area contributed by atoms with Crippen LogP contribution < -0.4 is 9.80 Å². The van der Waals surface area contributed by atoms with Crippen LogP contribution in [0.25, 0.3) is 0 Å². The van der Waals surface area contributed by atoms with E-state index in [4.69, 9.17) is 0 Å². The van der Waals surface area contributed by atoms with Crippen molar-refractivity contribution in [3.63, 3.8) is 0 Å². The lowest BCUT2D eigenvalue weighted by Gasteiger charge is -2.25. The molecule has 2 aliphatic rings. The molecule has 0 aromatic rings. The molecule has 1 saturated carbocycles. The van der Waals surface area contributed by atoms with Crippen LogP contribution in [0.4, 0.5) is 0 Å². The molecule has 0 spiro atoms. The molecule has 1 aliphatic carbocycles. The summed E-state index contributed by atoms with van der Waals surface area (Å²) in [6, 6.07) is 1.01. The number of hydrogen-bond donors (Lipinski definition) is 2. The van der Waals surface area contributed by atoms with Gasteiger partial charge in [0.2, 0.25) is 0 Å². The molecular weight excluding hydrogens is 184 g/mol. The first-order valence-electron chi connectivity index (χ1n) is 7.02. The van der Waals surface area contributed by atoms with Gasteiger partial charge in [0, 0.05) is 6.42 Å². The fourth-order valence-corrected chi connectivity index (χ4v) is 3.34. The molecule has 2 fully saturated rings. The summed E-state index contributed by atoms with van der Waals surface area (Å²) >= 11 is 0. The lowest BCUT2D eigenvalue weighted by molar-refractivity contribution is -0.947. The van der Waals surface area contributed by atoms with Crippen LogP contribution in [0.2, 0.25) is 0 Å². The van der Waals surface area contributed by atoms with Gasteiger partial charge in [0.1, 0.15) is 13.1 Å². The Bertz CT molecular complexity index is 173. The number of hydrogen-bond acceptors (Lipinski definition) is 0. The Hall–Kier alpha value is -0.0800. The second-order valence-corrected chi connectivity index (χ2v) is 5.66. The number of nitrogens with one attached hydrogen (secondary N) is 2. The van der Waals surface area contributed by atoms with Crippen LogP contribution in [0.15, 0.2) is 0 Å². The SMILES string of the molecule is C[NH+]1CCC[NH+](C2CCCCCC2)CC1. The molecule has 88 valence electrons. The van der Waals surface area contributed by atoms with Crippen LogP contribution in [-0.2, 0) is 0 Å². The fourth-order valence-electron chi connectivity index (χ4n) is 3.34. The lowest BCUT2D eigenvalue weighted by atomic mass is 10.1. The molecule has 2 atom stereocenters. The Morgan fingerprint density at radius 3 is 2.20 bits per heavy atom. The zero-order valence-electron chi connectivity index (χ0n) is 10.4. The van der Waals surface area contributed by atoms with E-state index in [1.807, 2.05) is 4.90 Å². The average Bonchev–Trinajstić information content (AvgIpc) is 2.59. The molecule has 0 aromatic carbocycles. The minimum absolute atomic E-state index is 1.01. The predicted octanol–water partition coefficient (Wildman–Crippen LogP) is -0.487. The highest BCUT2D eigenvalue weighted by atomic mass is 15.2. The minimum atomic E-state index is 1.01. The molecule has 2 N–H and O–H groups in total. The Kier molecular flexibility index (Phi) is 4.45. The molecule has 1 saturated heterocycles. The van der Waals surface area contributed by atoms with Crippen molar-refractivity contribution in [1.29, 1.82) is 0 Å². The van der Waals surface area contributed by atoms with Crippen LogP contribution in [0.3, 0.4) is 0 Å². The first-order valence-corrected chi connectivity index (χ1v) is 7.02. The molecule has 1 heterocycles. The summed E-state index contributed by atoms with van der Waals surface area (Å²) in [6.07, 6.45) is 10.4. The van der Waals surface area contributed by atoms with Gasteiger partial charge in [-0.1, -0.05) is 12.8 Å². The maximum absolute atomic E-state index is 2.36. The van der Waals surface area contributed by atoms with Gasteiger partial charge >= 0.3 is 0 Å². The predicted molar refractivity (Wildman–Crippen MR) is 63.4 cm³/mol. The van der Waals surface area contributed by atoms with E-state index in [-0.39, 0.29) is 0 Å². The van der Waals surface area contributed by atoms with Gasteiger partial charge in [0.25, 0.3) is 0 Å². The first kappa shape index (κ1) is 11.4. The Morgan fingerprint density at radius 2 is 1.47 bits per heavy atom. The molecule has 0 radical (unpaired) electrons. The highest BCUT2D eigenvalue weighted by molar-refractivity contribution is 4.63. The zero-order valence-corrected chi connectivity index (χ0v) is 10.4. The van der Waals surface area contributed by atoms with Gasteiger partial charge in [-0.15, -0.1) is 0 Å².